The van der Waals surface area contributed by atoms with E-state index in [9.17, 15) is 22.0 Å². The standard InChI is InChI=1S/C21H21ClF2N4O3S/c22-17-9-7-16(8-10-17)19-18(15-5-2-1-3-6-15)13-28(25-19)20(29)26-32(30,31)27-12-4-11-21(23,24)14-27/h1-3,5-10,18H,4,11-14H2,(H,26,29)/t18-/m1/s1. The van der Waals surface area contributed by atoms with Crippen molar-refractivity contribution in [3.05, 3.63) is 70.7 Å². The highest BCUT2D eigenvalue weighted by Gasteiger charge is 2.41. The fourth-order valence-electron chi connectivity index (χ4n) is 3.82. The number of piperidine rings is 1. The molecule has 0 bridgehead atoms. The second-order valence-electron chi connectivity index (χ2n) is 7.74. The van der Waals surface area contributed by atoms with Crippen LogP contribution >= 0.6 is 11.6 Å². The van der Waals surface area contributed by atoms with Crippen molar-refractivity contribution < 1.29 is 22.0 Å². The lowest BCUT2D eigenvalue weighted by Gasteiger charge is -2.31. The van der Waals surface area contributed by atoms with E-state index in [-0.39, 0.29) is 31.8 Å². The lowest BCUT2D eigenvalue weighted by molar-refractivity contribution is -0.0436. The van der Waals surface area contributed by atoms with Crippen molar-refractivity contribution in [3.63, 3.8) is 0 Å². The summed E-state index contributed by atoms with van der Waals surface area (Å²) in [5.41, 5.74) is 2.21. The van der Waals surface area contributed by atoms with Crippen LogP contribution in [0.3, 0.4) is 0 Å². The van der Waals surface area contributed by atoms with Gasteiger partial charge in [-0.05, 0) is 29.7 Å². The Balaban J connectivity index is 1.57. The Kier molecular flexibility index (Phi) is 6.19. The van der Waals surface area contributed by atoms with E-state index < -0.39 is 28.7 Å². The topological polar surface area (TPSA) is 82.1 Å². The van der Waals surface area contributed by atoms with Crippen LogP contribution in [0.2, 0.25) is 5.02 Å². The van der Waals surface area contributed by atoms with Crippen LogP contribution in [0.4, 0.5) is 13.6 Å². The first-order valence-corrected chi connectivity index (χ1v) is 11.8. The van der Waals surface area contributed by atoms with Gasteiger partial charge in [0.15, 0.2) is 0 Å². The molecule has 1 atom stereocenters. The minimum Gasteiger partial charge on any atom is -0.245 e. The van der Waals surface area contributed by atoms with Gasteiger partial charge in [0.1, 0.15) is 0 Å². The summed E-state index contributed by atoms with van der Waals surface area (Å²) < 4.78 is 54.9. The third kappa shape index (κ3) is 4.92. The van der Waals surface area contributed by atoms with E-state index in [2.05, 4.69) is 5.10 Å². The molecule has 1 N–H and O–H groups in total. The van der Waals surface area contributed by atoms with Gasteiger partial charge in [-0.3, -0.25) is 0 Å². The SMILES string of the molecule is O=C(NS(=O)(=O)N1CCCC(F)(F)C1)N1C[C@H](c2ccccc2)C(c2ccc(Cl)cc2)=N1. The summed E-state index contributed by atoms with van der Waals surface area (Å²) in [6.07, 6.45) is -0.368. The highest BCUT2D eigenvalue weighted by atomic mass is 35.5. The van der Waals surface area contributed by atoms with Crippen molar-refractivity contribution in [2.45, 2.75) is 24.7 Å². The molecule has 1 fully saturated rings. The maximum absolute atomic E-state index is 13.7. The number of hydrogen-bond donors (Lipinski definition) is 1. The second-order valence-corrected chi connectivity index (χ2v) is 9.85. The van der Waals surface area contributed by atoms with Gasteiger partial charge in [0.05, 0.1) is 18.8 Å². The Morgan fingerprint density at radius 1 is 1.12 bits per heavy atom. The summed E-state index contributed by atoms with van der Waals surface area (Å²) in [5, 5.41) is 5.93. The van der Waals surface area contributed by atoms with Crippen molar-refractivity contribution in [1.29, 1.82) is 0 Å². The number of halogens is 3. The van der Waals surface area contributed by atoms with Gasteiger partial charge < -0.3 is 0 Å². The van der Waals surface area contributed by atoms with E-state index >= 15 is 0 Å². The van der Waals surface area contributed by atoms with Gasteiger partial charge >= 0.3 is 16.2 Å². The second kappa shape index (κ2) is 8.76. The first-order chi connectivity index (χ1) is 15.1. The number of carbonyl (C=O) groups excluding carboxylic acids is 1. The Bertz CT molecular complexity index is 1130. The highest BCUT2D eigenvalue weighted by molar-refractivity contribution is 7.87. The van der Waals surface area contributed by atoms with Crippen LogP contribution in [0.5, 0.6) is 0 Å². The fourth-order valence-corrected chi connectivity index (χ4v) is 5.13. The molecule has 2 heterocycles. The third-order valence-corrected chi connectivity index (χ3v) is 7.08. The molecular formula is C21H21ClF2N4O3S. The van der Waals surface area contributed by atoms with Gasteiger partial charge in [-0.15, -0.1) is 0 Å². The van der Waals surface area contributed by atoms with Crippen LogP contribution < -0.4 is 4.72 Å². The molecule has 0 aliphatic carbocycles. The molecule has 0 aromatic heterocycles. The summed E-state index contributed by atoms with van der Waals surface area (Å²) in [4.78, 5) is 12.8. The van der Waals surface area contributed by atoms with Crippen molar-refractivity contribution in [3.8, 4) is 0 Å². The van der Waals surface area contributed by atoms with Gasteiger partial charge in [-0.1, -0.05) is 54.1 Å². The molecule has 2 aliphatic rings. The number of nitrogens with one attached hydrogen (secondary N) is 1. The zero-order valence-electron chi connectivity index (χ0n) is 16.9. The largest absolute Gasteiger partial charge is 0.352 e. The molecule has 0 spiro atoms. The lowest BCUT2D eigenvalue weighted by atomic mass is 9.91. The third-order valence-electron chi connectivity index (χ3n) is 5.40. The summed E-state index contributed by atoms with van der Waals surface area (Å²) in [7, 11) is -4.44. The quantitative estimate of drug-likeness (QED) is 0.719. The molecule has 0 radical (unpaired) electrons. The molecule has 4 rings (SSSR count). The Hall–Kier alpha value is -2.56. The van der Waals surface area contributed by atoms with Crippen molar-refractivity contribution in [2.75, 3.05) is 19.6 Å². The van der Waals surface area contributed by atoms with Crippen LogP contribution in [0, 0.1) is 0 Å². The van der Waals surface area contributed by atoms with Crippen LogP contribution in [0.1, 0.15) is 29.9 Å². The summed E-state index contributed by atoms with van der Waals surface area (Å²) in [6, 6.07) is 15.3. The maximum Gasteiger partial charge on any atom is 0.352 e. The summed E-state index contributed by atoms with van der Waals surface area (Å²) >= 11 is 5.98. The Morgan fingerprint density at radius 2 is 1.81 bits per heavy atom. The molecule has 7 nitrogen and oxygen atoms in total. The van der Waals surface area contributed by atoms with Crippen molar-refractivity contribution in [1.82, 2.24) is 14.0 Å². The molecule has 1 saturated heterocycles. The average Bonchev–Trinajstić information content (AvgIpc) is 3.20. The molecule has 32 heavy (non-hydrogen) atoms. The highest BCUT2D eigenvalue weighted by Crippen LogP contribution is 2.30. The van der Waals surface area contributed by atoms with Gasteiger partial charge in [0, 0.05) is 23.9 Å². The smallest absolute Gasteiger partial charge is 0.245 e. The number of rotatable bonds is 4. The monoisotopic (exact) mass is 482 g/mol. The number of alkyl halides is 2. The number of carbonyl (C=O) groups is 1. The molecule has 2 aromatic rings. The Labute approximate surface area is 189 Å². The normalized spacial score (nSPS) is 21.3. The predicted octanol–water partition coefficient (Wildman–Crippen LogP) is 3.83. The number of urea groups is 1. The number of hydrazone groups is 1. The zero-order valence-corrected chi connectivity index (χ0v) is 18.5. The van der Waals surface area contributed by atoms with E-state index in [1.807, 2.05) is 35.1 Å². The number of benzene rings is 2. The predicted molar refractivity (Wildman–Crippen MR) is 117 cm³/mol. The van der Waals surface area contributed by atoms with Gasteiger partial charge in [-0.2, -0.15) is 17.8 Å². The van der Waals surface area contributed by atoms with E-state index in [4.69, 9.17) is 11.6 Å². The van der Waals surface area contributed by atoms with E-state index in [0.29, 0.717) is 15.0 Å². The molecule has 0 unspecified atom stereocenters. The van der Waals surface area contributed by atoms with Gasteiger partial charge in [0.25, 0.3) is 5.92 Å². The van der Waals surface area contributed by atoms with Crippen molar-refractivity contribution in [2.24, 2.45) is 5.10 Å². The van der Waals surface area contributed by atoms with Crippen LogP contribution in [-0.2, 0) is 10.2 Å². The lowest BCUT2D eigenvalue weighted by Crippen LogP contribution is -2.52. The van der Waals surface area contributed by atoms with Gasteiger partial charge in [-0.25, -0.2) is 23.3 Å². The summed E-state index contributed by atoms with van der Waals surface area (Å²) in [5.74, 6) is -3.42. The van der Waals surface area contributed by atoms with Crippen LogP contribution in [0.25, 0.3) is 0 Å². The molecule has 2 amide bonds. The average molecular weight is 483 g/mol. The van der Waals surface area contributed by atoms with Gasteiger partial charge in [0.2, 0.25) is 0 Å². The Morgan fingerprint density at radius 3 is 2.47 bits per heavy atom. The molecule has 170 valence electrons. The number of hydrogen-bond acceptors (Lipinski definition) is 4. The van der Waals surface area contributed by atoms with E-state index in [0.717, 1.165) is 16.1 Å². The maximum atomic E-state index is 13.7. The van der Waals surface area contributed by atoms with E-state index in [1.54, 1.807) is 24.3 Å². The minimum absolute atomic E-state index is 0.0146. The zero-order chi connectivity index (χ0) is 22.9. The van der Waals surface area contributed by atoms with Crippen molar-refractivity contribution >= 4 is 33.6 Å². The van der Waals surface area contributed by atoms with Crippen LogP contribution in [0.15, 0.2) is 59.7 Å². The summed E-state index contributed by atoms with van der Waals surface area (Å²) in [6.45, 7) is -0.939. The molecule has 2 aliphatic heterocycles. The first-order valence-electron chi connectivity index (χ1n) is 10.0. The van der Waals surface area contributed by atoms with Crippen LogP contribution in [-0.4, -0.2) is 55.0 Å². The molecule has 2 aromatic carbocycles. The molecule has 11 heteroatoms. The molecule has 0 saturated carbocycles. The van der Waals surface area contributed by atoms with E-state index in [1.165, 1.54) is 0 Å². The molecular weight excluding hydrogens is 462 g/mol. The minimum atomic E-state index is -4.44. The number of amides is 2. The first kappa shape index (κ1) is 22.6. The fraction of sp³-hybridized carbons (Fsp3) is 0.333. The number of nitrogens with zero attached hydrogens (tertiary/aromatic N) is 3.